The van der Waals surface area contributed by atoms with Crippen molar-refractivity contribution in [1.29, 1.82) is 10.5 Å². The van der Waals surface area contributed by atoms with E-state index >= 15 is 0 Å². The maximum absolute atomic E-state index is 10.1. The highest BCUT2D eigenvalue weighted by molar-refractivity contribution is 7.98. The highest BCUT2D eigenvalue weighted by Crippen LogP contribution is 2.37. The third kappa shape index (κ3) is 5.41. The lowest BCUT2D eigenvalue weighted by Gasteiger charge is -2.13. The van der Waals surface area contributed by atoms with Gasteiger partial charge >= 0.3 is 0 Å². The van der Waals surface area contributed by atoms with Crippen molar-refractivity contribution < 1.29 is 14.3 Å². The number of nitrogens with two attached hydrogens (primary N) is 1. The van der Waals surface area contributed by atoms with Gasteiger partial charge in [0.1, 0.15) is 40.1 Å². The molecular weight excluding hydrogens is 488 g/mol. The van der Waals surface area contributed by atoms with Gasteiger partial charge in [-0.25, -0.2) is 9.97 Å². The summed E-state index contributed by atoms with van der Waals surface area (Å²) in [6, 6.07) is 15.3. The van der Waals surface area contributed by atoms with E-state index in [9.17, 15) is 10.5 Å². The van der Waals surface area contributed by atoms with Crippen LogP contribution in [0.4, 0.5) is 5.82 Å². The smallest absolute Gasteiger partial charge is 0.230 e. The molecule has 0 radical (unpaired) electrons. The number of benzene rings is 1. The molecule has 3 N–H and O–H groups in total. The molecule has 1 aromatic carbocycles. The lowest BCUT2D eigenvalue weighted by Crippen LogP contribution is -2.04. The molecule has 0 aliphatic carbocycles. The third-order valence-electron chi connectivity index (χ3n) is 5.70. The van der Waals surface area contributed by atoms with Gasteiger partial charge in [-0.3, -0.25) is 4.98 Å². The fraction of sp³-hybridized carbons (Fsp3) is 0.222. The fourth-order valence-electron chi connectivity index (χ4n) is 3.81. The lowest BCUT2D eigenvalue weighted by atomic mass is 9.98. The van der Waals surface area contributed by atoms with E-state index in [1.165, 1.54) is 11.8 Å². The zero-order valence-electron chi connectivity index (χ0n) is 20.4. The molecule has 4 aromatic rings. The molecule has 0 spiro atoms. The Morgan fingerprint density at radius 1 is 1.11 bits per heavy atom. The molecule has 0 bridgehead atoms. The molecule has 186 valence electrons. The average Bonchev–Trinajstić information content (AvgIpc) is 3.30. The van der Waals surface area contributed by atoms with E-state index in [0.717, 1.165) is 11.3 Å². The number of aliphatic hydroxyl groups is 1. The van der Waals surface area contributed by atoms with Gasteiger partial charge in [0.2, 0.25) is 5.89 Å². The van der Waals surface area contributed by atoms with E-state index in [4.69, 9.17) is 20.0 Å². The molecule has 10 heteroatoms. The van der Waals surface area contributed by atoms with Gasteiger partial charge in [0.25, 0.3) is 0 Å². The predicted molar refractivity (Wildman–Crippen MR) is 140 cm³/mol. The number of thioether (sulfide) groups is 1. The molecule has 0 saturated heterocycles. The van der Waals surface area contributed by atoms with Crippen molar-refractivity contribution in [2.24, 2.45) is 0 Å². The minimum atomic E-state index is 0.0370. The van der Waals surface area contributed by atoms with Crippen LogP contribution in [0.2, 0.25) is 0 Å². The van der Waals surface area contributed by atoms with Crippen molar-refractivity contribution in [3.8, 4) is 40.5 Å². The monoisotopic (exact) mass is 512 g/mol. The first-order valence-electron chi connectivity index (χ1n) is 11.4. The van der Waals surface area contributed by atoms with E-state index in [1.807, 2.05) is 37.3 Å². The van der Waals surface area contributed by atoms with Crippen LogP contribution in [0.1, 0.15) is 34.7 Å². The van der Waals surface area contributed by atoms with Crippen LogP contribution in [0.25, 0.3) is 22.6 Å². The highest BCUT2D eigenvalue weighted by atomic mass is 32.2. The maximum atomic E-state index is 10.1. The third-order valence-corrected chi connectivity index (χ3v) is 6.68. The van der Waals surface area contributed by atoms with Gasteiger partial charge in [-0.2, -0.15) is 10.5 Å². The Bertz CT molecular complexity index is 1500. The number of nitrogens with zero attached hydrogens (tertiary/aromatic N) is 5. The van der Waals surface area contributed by atoms with E-state index in [2.05, 4.69) is 27.1 Å². The Labute approximate surface area is 218 Å². The fourth-order valence-corrected chi connectivity index (χ4v) is 4.80. The second-order valence-corrected chi connectivity index (χ2v) is 8.99. The molecular formula is C27H24N6O3S. The Hall–Kier alpha value is -4.38. The van der Waals surface area contributed by atoms with Crippen LogP contribution in [0.15, 0.2) is 52.0 Å². The Balaban J connectivity index is 1.67. The molecule has 0 saturated carbocycles. The number of nitrogen functional groups attached to an aromatic ring is 1. The SMILES string of the molecule is COc1ccccc1-c1nc(CSc2nc(N)c(C#N)c(-c3ccc(CCCO)nc3)c2C#N)c(C)o1. The summed E-state index contributed by atoms with van der Waals surface area (Å²) in [5.41, 5.74) is 9.73. The molecule has 0 aliphatic heterocycles. The van der Waals surface area contributed by atoms with Gasteiger partial charge in [-0.05, 0) is 38.0 Å². The number of aromatic nitrogens is 3. The quantitative estimate of drug-likeness (QED) is 0.302. The summed E-state index contributed by atoms with van der Waals surface area (Å²) in [5.74, 6) is 2.13. The average molecular weight is 513 g/mol. The van der Waals surface area contributed by atoms with E-state index in [-0.39, 0.29) is 23.6 Å². The van der Waals surface area contributed by atoms with Crippen molar-refractivity contribution in [3.05, 3.63) is 70.9 Å². The van der Waals surface area contributed by atoms with Gasteiger partial charge in [0.15, 0.2) is 0 Å². The van der Waals surface area contributed by atoms with Crippen LogP contribution < -0.4 is 10.5 Å². The van der Waals surface area contributed by atoms with Gasteiger partial charge in [0.05, 0.1) is 23.9 Å². The summed E-state index contributed by atoms with van der Waals surface area (Å²) in [6.45, 7) is 1.90. The summed E-state index contributed by atoms with van der Waals surface area (Å²) in [6.07, 6.45) is 2.84. The standard InChI is InChI=1S/C27H24N6O3S/c1-16-22(32-26(36-16)19-7-3-4-8-23(19)35-2)15-37-27-21(13-29)24(20(12-28)25(30)33-27)17-9-10-18(31-14-17)6-5-11-34/h3-4,7-10,14,34H,5-6,11,15H2,1-2H3,(H2,30,33). The zero-order chi connectivity index (χ0) is 26.4. The largest absolute Gasteiger partial charge is 0.496 e. The number of anilines is 1. The number of hydrogen-bond donors (Lipinski definition) is 2. The van der Waals surface area contributed by atoms with Crippen LogP contribution in [0.3, 0.4) is 0 Å². The van der Waals surface area contributed by atoms with Crippen LogP contribution in [-0.4, -0.2) is 33.8 Å². The first-order chi connectivity index (χ1) is 18.0. The summed E-state index contributed by atoms with van der Waals surface area (Å²) >= 11 is 1.29. The highest BCUT2D eigenvalue weighted by Gasteiger charge is 2.22. The topological polar surface area (TPSA) is 155 Å². The number of para-hydroxylation sites is 1. The molecule has 9 nitrogen and oxygen atoms in total. The number of pyridine rings is 2. The lowest BCUT2D eigenvalue weighted by molar-refractivity contribution is 0.288. The summed E-state index contributed by atoms with van der Waals surface area (Å²) in [4.78, 5) is 13.4. The molecule has 3 aromatic heterocycles. The van der Waals surface area contributed by atoms with Crippen LogP contribution in [-0.2, 0) is 12.2 Å². The normalized spacial score (nSPS) is 10.6. The predicted octanol–water partition coefficient (Wildman–Crippen LogP) is 4.66. The Kier molecular flexibility index (Phi) is 8.04. The van der Waals surface area contributed by atoms with Gasteiger partial charge in [-0.15, -0.1) is 0 Å². The second-order valence-electron chi connectivity index (χ2n) is 8.03. The molecule has 0 amide bonds. The number of methoxy groups -OCH3 is 1. The summed E-state index contributed by atoms with van der Waals surface area (Å²) < 4.78 is 11.3. The van der Waals surface area contributed by atoms with E-state index in [0.29, 0.717) is 57.8 Å². The first-order valence-corrected chi connectivity index (χ1v) is 12.4. The molecule has 37 heavy (non-hydrogen) atoms. The van der Waals surface area contributed by atoms with Crippen molar-refractivity contribution >= 4 is 17.6 Å². The Morgan fingerprint density at radius 2 is 1.89 bits per heavy atom. The van der Waals surface area contributed by atoms with E-state index in [1.54, 1.807) is 19.4 Å². The van der Waals surface area contributed by atoms with E-state index < -0.39 is 0 Å². The van der Waals surface area contributed by atoms with Crippen LogP contribution >= 0.6 is 11.8 Å². The van der Waals surface area contributed by atoms with Crippen molar-refractivity contribution in [3.63, 3.8) is 0 Å². The number of aliphatic hydroxyl groups excluding tert-OH is 1. The zero-order valence-corrected chi connectivity index (χ0v) is 21.2. The summed E-state index contributed by atoms with van der Waals surface area (Å²) in [5, 5.41) is 29.3. The van der Waals surface area contributed by atoms with Crippen molar-refractivity contribution in [2.45, 2.75) is 30.5 Å². The first kappa shape index (κ1) is 25.7. The number of nitriles is 2. The number of aryl methyl sites for hydroxylation is 2. The minimum absolute atomic E-state index is 0.0370. The summed E-state index contributed by atoms with van der Waals surface area (Å²) in [7, 11) is 1.59. The molecule has 0 aliphatic rings. The maximum Gasteiger partial charge on any atom is 0.230 e. The second kappa shape index (κ2) is 11.6. The molecule has 3 heterocycles. The van der Waals surface area contributed by atoms with Gasteiger partial charge < -0.3 is 20.0 Å². The van der Waals surface area contributed by atoms with Gasteiger partial charge in [-0.1, -0.05) is 30.0 Å². The molecule has 4 rings (SSSR count). The molecule has 0 unspecified atom stereocenters. The minimum Gasteiger partial charge on any atom is -0.496 e. The molecule has 0 atom stereocenters. The number of ether oxygens (including phenoxy) is 1. The van der Waals surface area contributed by atoms with Crippen LogP contribution in [0.5, 0.6) is 5.75 Å². The molecule has 0 fully saturated rings. The van der Waals surface area contributed by atoms with Crippen molar-refractivity contribution in [2.75, 3.05) is 19.5 Å². The number of oxazole rings is 1. The van der Waals surface area contributed by atoms with Gasteiger partial charge in [0, 0.05) is 35.4 Å². The van der Waals surface area contributed by atoms with Crippen LogP contribution in [0, 0.1) is 29.6 Å². The number of hydrogen-bond acceptors (Lipinski definition) is 10. The van der Waals surface area contributed by atoms with Crippen molar-refractivity contribution in [1.82, 2.24) is 15.0 Å². The number of rotatable bonds is 9. The Morgan fingerprint density at radius 3 is 2.57 bits per heavy atom.